The molecule has 1 aromatic heterocycles. The first-order valence-corrected chi connectivity index (χ1v) is 4.61. The molecule has 0 saturated carbocycles. The molecule has 0 bridgehead atoms. The van der Waals surface area contributed by atoms with Gasteiger partial charge in [-0.05, 0) is 20.3 Å². The average molecular weight is 205 g/mol. The zero-order valence-electron chi connectivity index (χ0n) is 8.52. The normalized spacial score (nSPS) is 12.1. The molecule has 6 heteroatoms. The second kappa shape index (κ2) is 3.67. The largest absolute Gasteiger partial charge is 0.513 e. The van der Waals surface area contributed by atoms with E-state index in [4.69, 9.17) is 0 Å². The summed E-state index contributed by atoms with van der Waals surface area (Å²) in [6.45, 7) is 0.399. The molecule has 0 spiro atoms. The molecule has 1 aromatic rings. The maximum Gasteiger partial charge on any atom is 0.513 e. The maximum atomic E-state index is 12.6. The van der Waals surface area contributed by atoms with Crippen LogP contribution in [0, 0.1) is 13.8 Å². The number of hydrogen-bond donors (Lipinski definition) is 0. The summed E-state index contributed by atoms with van der Waals surface area (Å²) in [6.07, 6.45) is 0.784. The average Bonchev–Trinajstić information content (AvgIpc) is 2.26. The topological polar surface area (TPSA) is 17.8 Å². The van der Waals surface area contributed by atoms with E-state index in [0.717, 1.165) is 6.42 Å². The highest BCUT2D eigenvalue weighted by molar-refractivity contribution is 6.74. The van der Waals surface area contributed by atoms with Crippen molar-refractivity contribution in [3.05, 3.63) is 11.4 Å². The van der Waals surface area contributed by atoms with Gasteiger partial charge in [0.05, 0.1) is 0 Å². The van der Waals surface area contributed by atoms with Gasteiger partial charge in [0, 0.05) is 17.9 Å². The minimum absolute atomic E-state index is 0.0865. The monoisotopic (exact) mass is 205 g/mol. The van der Waals surface area contributed by atoms with Gasteiger partial charge >= 0.3 is 6.98 Å². The van der Waals surface area contributed by atoms with Crippen LogP contribution in [0.1, 0.15) is 24.7 Å². The number of rotatable bonds is 3. The molecule has 80 valence electrons. The van der Waals surface area contributed by atoms with Crippen LogP contribution in [0.3, 0.4) is 0 Å². The maximum absolute atomic E-state index is 12.6. The lowest BCUT2D eigenvalue weighted by Gasteiger charge is -2.15. The molecule has 0 fully saturated rings. The lowest BCUT2D eigenvalue weighted by Crippen LogP contribution is -2.37. The van der Waals surface area contributed by atoms with E-state index < -0.39 is 12.4 Å². The predicted molar refractivity (Wildman–Crippen MR) is 50.7 cm³/mol. The number of aryl methyl sites for hydroxylation is 2. The van der Waals surface area contributed by atoms with Crippen molar-refractivity contribution in [2.45, 2.75) is 33.7 Å². The van der Waals surface area contributed by atoms with E-state index in [0.29, 0.717) is 6.54 Å². The van der Waals surface area contributed by atoms with Gasteiger partial charge < -0.3 is 12.9 Å². The van der Waals surface area contributed by atoms with Crippen LogP contribution in [0.15, 0.2) is 0 Å². The summed E-state index contributed by atoms with van der Waals surface area (Å²) in [7, 11) is 0. The number of nitrogens with zero attached hydrogens (tertiary/aromatic N) is 2. The highest BCUT2D eigenvalue weighted by Crippen LogP contribution is 2.14. The van der Waals surface area contributed by atoms with Crippen LogP contribution in [-0.4, -0.2) is 16.8 Å². The van der Waals surface area contributed by atoms with Crippen LogP contribution in [0.25, 0.3) is 0 Å². The molecule has 14 heavy (non-hydrogen) atoms. The van der Waals surface area contributed by atoms with E-state index >= 15 is 0 Å². The first-order valence-electron chi connectivity index (χ1n) is 4.61. The Morgan fingerprint density at radius 1 is 1.29 bits per heavy atom. The Labute approximate surface area is 81.2 Å². The Hall–Kier alpha value is -0.935. The molecule has 0 atom stereocenters. The molecule has 2 nitrogen and oxygen atoms in total. The summed E-state index contributed by atoms with van der Waals surface area (Å²) >= 11 is 0. The number of halogens is 3. The highest BCUT2D eigenvalue weighted by Gasteiger charge is 2.32. The predicted octanol–water partition coefficient (Wildman–Crippen LogP) is 1.96. The molecule has 0 saturated heterocycles. The quantitative estimate of drug-likeness (QED) is 0.689. The summed E-state index contributed by atoms with van der Waals surface area (Å²) in [5.74, 6) is 0. The zero-order valence-corrected chi connectivity index (χ0v) is 8.52. The van der Waals surface area contributed by atoms with E-state index in [1.807, 2.05) is 6.92 Å². The Bertz CT molecular complexity index is 330. The van der Waals surface area contributed by atoms with Gasteiger partial charge in [-0.15, -0.1) is 0 Å². The fraction of sp³-hybridized carbons (Fsp3) is 0.625. The molecule has 1 heterocycles. The van der Waals surface area contributed by atoms with Gasteiger partial charge in [0.2, 0.25) is 0 Å². The van der Waals surface area contributed by atoms with Gasteiger partial charge in [-0.1, -0.05) is 12.4 Å². The lowest BCUT2D eigenvalue weighted by atomic mass is 9.78. The van der Waals surface area contributed by atoms with Gasteiger partial charge in [-0.2, -0.15) is 5.10 Å². The molecule has 0 aliphatic heterocycles. The smallest absolute Gasteiger partial charge is 0.445 e. The molecular weight excluding hydrogens is 192 g/mol. The van der Waals surface area contributed by atoms with Gasteiger partial charge in [-0.25, -0.2) is 0 Å². The van der Waals surface area contributed by atoms with Crippen molar-refractivity contribution in [1.82, 2.24) is 9.78 Å². The van der Waals surface area contributed by atoms with E-state index in [2.05, 4.69) is 5.10 Å². The second-order valence-electron chi connectivity index (χ2n) is 3.38. The summed E-state index contributed by atoms with van der Waals surface area (Å²) in [4.78, 5) is 0. The van der Waals surface area contributed by atoms with Gasteiger partial charge in [0.15, 0.2) is 0 Å². The Morgan fingerprint density at radius 3 is 2.21 bits per heavy atom. The molecule has 0 aliphatic rings. The van der Waals surface area contributed by atoms with Crippen LogP contribution in [0.2, 0.25) is 0 Å². The van der Waals surface area contributed by atoms with Gasteiger partial charge in [-0.3, -0.25) is 4.68 Å². The zero-order chi connectivity index (χ0) is 10.9. The van der Waals surface area contributed by atoms with E-state index in [1.165, 1.54) is 18.5 Å². The van der Waals surface area contributed by atoms with Crippen molar-refractivity contribution in [1.29, 1.82) is 0 Å². The number of aromatic nitrogens is 2. The van der Waals surface area contributed by atoms with Gasteiger partial charge in [0.25, 0.3) is 0 Å². The van der Waals surface area contributed by atoms with E-state index in [1.54, 1.807) is 0 Å². The third-order valence-electron chi connectivity index (χ3n) is 2.20. The lowest BCUT2D eigenvalue weighted by molar-refractivity contribution is 0.499. The molecule has 0 aromatic carbocycles. The van der Waals surface area contributed by atoms with Crippen molar-refractivity contribution in [3.63, 3.8) is 0 Å². The standard InChI is InChI=1S/C8H13BF3N2/c1-4-5-14-7(3)8(6(2)13-14)9(10,11)12/h4-5H2,1-3H3/q-1. The minimum atomic E-state index is -4.93. The summed E-state index contributed by atoms with van der Waals surface area (Å²) in [5.41, 5.74) is -0.209. The van der Waals surface area contributed by atoms with E-state index in [-0.39, 0.29) is 11.4 Å². The third-order valence-corrected chi connectivity index (χ3v) is 2.20. The molecule has 0 amide bonds. The summed E-state index contributed by atoms with van der Waals surface area (Å²) in [5, 5.41) is 3.88. The van der Waals surface area contributed by atoms with Crippen LogP contribution >= 0.6 is 0 Å². The van der Waals surface area contributed by atoms with Crippen molar-refractivity contribution in [2.24, 2.45) is 0 Å². The molecule has 0 aliphatic carbocycles. The van der Waals surface area contributed by atoms with Crippen LogP contribution < -0.4 is 5.46 Å². The van der Waals surface area contributed by atoms with Crippen molar-refractivity contribution >= 4 is 12.4 Å². The SMILES string of the molecule is CCCn1nc(C)c([B-](F)(F)F)c1C. The Balaban J connectivity index is 3.18. The third kappa shape index (κ3) is 1.94. The van der Waals surface area contributed by atoms with E-state index in [9.17, 15) is 12.9 Å². The molecule has 0 unspecified atom stereocenters. The van der Waals surface area contributed by atoms with Gasteiger partial charge in [0.1, 0.15) is 0 Å². The van der Waals surface area contributed by atoms with Crippen molar-refractivity contribution < 1.29 is 12.9 Å². The fourth-order valence-electron chi connectivity index (χ4n) is 1.61. The number of hydrogen-bond acceptors (Lipinski definition) is 1. The molecule has 1 rings (SSSR count). The fourth-order valence-corrected chi connectivity index (χ4v) is 1.61. The highest BCUT2D eigenvalue weighted by atomic mass is 19.4. The first kappa shape index (κ1) is 11.1. The Morgan fingerprint density at radius 2 is 1.86 bits per heavy atom. The van der Waals surface area contributed by atoms with Crippen molar-refractivity contribution in [2.75, 3.05) is 0 Å². The molecule has 0 radical (unpaired) electrons. The van der Waals surface area contributed by atoms with Crippen LogP contribution in [-0.2, 0) is 6.54 Å². The summed E-state index contributed by atoms with van der Waals surface area (Å²) in [6, 6.07) is 0. The Kier molecular flexibility index (Phi) is 2.92. The van der Waals surface area contributed by atoms with Crippen LogP contribution in [0.4, 0.5) is 12.9 Å². The first-order chi connectivity index (χ1) is 6.38. The minimum Gasteiger partial charge on any atom is -0.445 e. The second-order valence-corrected chi connectivity index (χ2v) is 3.38. The van der Waals surface area contributed by atoms with Crippen molar-refractivity contribution in [3.8, 4) is 0 Å². The van der Waals surface area contributed by atoms with Crippen LogP contribution in [0.5, 0.6) is 0 Å². The summed E-state index contributed by atoms with van der Waals surface area (Å²) < 4.78 is 39.1. The molecule has 0 N–H and O–H groups in total. The molecular formula is C8H13BF3N2-.